The van der Waals surface area contributed by atoms with Crippen LogP contribution in [0.2, 0.25) is 0 Å². The predicted octanol–water partition coefficient (Wildman–Crippen LogP) is 1.41. The Bertz CT molecular complexity index is 1140. The maximum Gasteiger partial charge on any atom is 0.313 e. The Morgan fingerprint density at radius 3 is 2.51 bits per heavy atom. The van der Waals surface area contributed by atoms with Gasteiger partial charge in [-0.2, -0.15) is 0 Å². The number of hydrogen-bond donors (Lipinski definition) is 3. The molecule has 3 aliphatic heterocycles. The van der Waals surface area contributed by atoms with E-state index in [2.05, 4.69) is 6.58 Å². The van der Waals surface area contributed by atoms with Crippen molar-refractivity contribution in [3.05, 3.63) is 48.0 Å². The number of benzene rings is 1. The van der Waals surface area contributed by atoms with Crippen molar-refractivity contribution in [1.82, 2.24) is 0 Å². The number of aliphatic hydroxyl groups is 3. The average molecular weight is 485 g/mol. The molecule has 7 rings (SSSR count). The van der Waals surface area contributed by atoms with Gasteiger partial charge in [0, 0.05) is 23.3 Å². The Kier molecular flexibility index (Phi) is 4.14. The number of Topliss-reactive ketones (excluding diaryl/α,β-unsaturated/α-hetero) is 1. The first-order valence-electron chi connectivity index (χ1n) is 12.6. The molecule has 6 fully saturated rings. The van der Waals surface area contributed by atoms with E-state index >= 15 is 0 Å². The van der Waals surface area contributed by atoms with Crippen molar-refractivity contribution >= 4 is 5.78 Å². The predicted molar refractivity (Wildman–Crippen MR) is 121 cm³/mol. The van der Waals surface area contributed by atoms with Crippen molar-refractivity contribution in [2.75, 3.05) is 6.61 Å². The summed E-state index contributed by atoms with van der Waals surface area (Å²) in [4.78, 5) is 13.5. The van der Waals surface area contributed by atoms with E-state index in [-0.39, 0.29) is 5.92 Å². The third-order valence-electron chi connectivity index (χ3n) is 10.2. The molecule has 8 nitrogen and oxygen atoms in total. The largest absolute Gasteiger partial charge is 0.393 e. The highest BCUT2D eigenvalue weighted by molar-refractivity contribution is 5.93. The van der Waals surface area contributed by atoms with Crippen molar-refractivity contribution in [2.45, 2.75) is 80.3 Å². The molecule has 3 bridgehead atoms. The van der Waals surface area contributed by atoms with Gasteiger partial charge in [0.2, 0.25) is 0 Å². The van der Waals surface area contributed by atoms with Gasteiger partial charge in [-0.3, -0.25) is 4.79 Å². The third kappa shape index (κ3) is 2.20. The number of hydrogen-bond acceptors (Lipinski definition) is 8. The van der Waals surface area contributed by atoms with Gasteiger partial charge in [0.25, 0.3) is 0 Å². The molecule has 0 radical (unpaired) electrons. The average Bonchev–Trinajstić information content (AvgIpc) is 3.48. The molecule has 12 atom stereocenters. The van der Waals surface area contributed by atoms with Gasteiger partial charge >= 0.3 is 5.97 Å². The zero-order valence-electron chi connectivity index (χ0n) is 20.1. The molecule has 1 aromatic rings. The fourth-order valence-corrected chi connectivity index (χ4v) is 8.55. The van der Waals surface area contributed by atoms with Crippen LogP contribution in [0.4, 0.5) is 0 Å². The first-order chi connectivity index (χ1) is 16.5. The molecule has 3 aliphatic carbocycles. The molecule has 0 spiro atoms. The van der Waals surface area contributed by atoms with Crippen LogP contribution in [0.5, 0.6) is 0 Å². The number of aliphatic hydroxyl groups excluding tert-OH is 2. The van der Waals surface area contributed by atoms with E-state index in [4.69, 9.17) is 18.9 Å². The maximum absolute atomic E-state index is 13.5. The first kappa shape index (κ1) is 22.5. The van der Waals surface area contributed by atoms with Gasteiger partial charge in [-0.25, -0.2) is 0 Å². The summed E-state index contributed by atoms with van der Waals surface area (Å²) >= 11 is 0. The second-order valence-corrected chi connectivity index (χ2v) is 11.8. The maximum atomic E-state index is 13.5. The summed E-state index contributed by atoms with van der Waals surface area (Å²) in [6.07, 6.45) is -1.97. The number of rotatable bonds is 3. The van der Waals surface area contributed by atoms with Crippen LogP contribution in [0.3, 0.4) is 0 Å². The van der Waals surface area contributed by atoms with E-state index in [1.807, 2.05) is 44.2 Å². The Balaban J connectivity index is 1.52. The summed E-state index contributed by atoms with van der Waals surface area (Å²) in [5.41, 5.74) is -4.14. The van der Waals surface area contributed by atoms with Crippen molar-refractivity contribution in [3.8, 4) is 0 Å². The minimum Gasteiger partial charge on any atom is -0.393 e. The van der Waals surface area contributed by atoms with Gasteiger partial charge in [0.1, 0.15) is 29.5 Å². The number of ketones is 1. The lowest BCUT2D eigenvalue weighted by atomic mass is 9.54. The molecule has 0 aromatic heterocycles. The highest BCUT2D eigenvalue weighted by Crippen LogP contribution is 2.74. The third-order valence-corrected chi connectivity index (χ3v) is 10.2. The molecule has 35 heavy (non-hydrogen) atoms. The van der Waals surface area contributed by atoms with Gasteiger partial charge in [0.05, 0.1) is 12.2 Å². The molecular formula is C27H32O8. The van der Waals surface area contributed by atoms with E-state index in [1.54, 1.807) is 6.92 Å². The van der Waals surface area contributed by atoms with Gasteiger partial charge in [-0.15, -0.1) is 0 Å². The quantitative estimate of drug-likeness (QED) is 0.436. The van der Waals surface area contributed by atoms with Gasteiger partial charge in [-0.05, 0) is 31.3 Å². The van der Waals surface area contributed by atoms with Crippen molar-refractivity contribution < 1.29 is 39.1 Å². The molecule has 3 heterocycles. The molecule has 3 saturated heterocycles. The smallest absolute Gasteiger partial charge is 0.313 e. The minimum absolute atomic E-state index is 0.199. The summed E-state index contributed by atoms with van der Waals surface area (Å²) < 4.78 is 26.6. The lowest BCUT2D eigenvalue weighted by Gasteiger charge is -2.60. The number of carbonyl (C=O) groups excluding carboxylic acids is 1. The second kappa shape index (κ2) is 6.42. The zero-order valence-corrected chi connectivity index (χ0v) is 20.1. The number of epoxide rings is 1. The fraction of sp³-hybridized carbons (Fsp3) is 0.667. The highest BCUT2D eigenvalue weighted by atomic mass is 16.9. The van der Waals surface area contributed by atoms with Crippen LogP contribution in [0, 0.1) is 23.7 Å². The van der Waals surface area contributed by atoms with Crippen molar-refractivity contribution in [2.24, 2.45) is 23.7 Å². The first-order valence-corrected chi connectivity index (χ1v) is 12.6. The number of carbonyl (C=O) groups is 1. The second-order valence-electron chi connectivity index (χ2n) is 11.8. The Morgan fingerprint density at radius 1 is 1.14 bits per heavy atom. The van der Waals surface area contributed by atoms with E-state index in [1.165, 1.54) is 0 Å². The van der Waals surface area contributed by atoms with Crippen LogP contribution in [-0.2, 0) is 29.7 Å². The molecule has 3 N–H and O–H groups in total. The summed E-state index contributed by atoms with van der Waals surface area (Å²) in [5.74, 6) is -3.91. The molecule has 188 valence electrons. The topological polar surface area (TPSA) is 118 Å². The van der Waals surface area contributed by atoms with Crippen LogP contribution < -0.4 is 0 Å². The summed E-state index contributed by atoms with van der Waals surface area (Å²) in [5, 5.41) is 34.1. The molecule has 6 aliphatic rings. The minimum atomic E-state index is -2.13. The van der Waals surface area contributed by atoms with E-state index in [9.17, 15) is 20.1 Å². The SMILES string of the molecule is C=C(C)[C@]12C[C@@H](C)[C@@]34O[C@@](c5ccccc5)(O[C@@H]1[C@@H]3[C@@H]1O[C@]1(CO)[C@@H](O)[C@]1(O)C(=O)[C@@H](C)C[C@H]14)O2. The van der Waals surface area contributed by atoms with Crippen molar-refractivity contribution in [1.29, 1.82) is 0 Å². The normalized spacial score (nSPS) is 57.3. The van der Waals surface area contributed by atoms with Gasteiger partial charge < -0.3 is 34.3 Å². The number of fused-ring (bicyclic) bond motifs is 3. The van der Waals surface area contributed by atoms with Crippen LogP contribution in [0.25, 0.3) is 0 Å². The summed E-state index contributed by atoms with van der Waals surface area (Å²) in [6, 6.07) is 9.41. The number of ether oxygens (including phenoxy) is 4. The Morgan fingerprint density at radius 2 is 1.86 bits per heavy atom. The standard InChI is InChI=1S/C27H32O8/c1-13(2)23-11-15(4)26-17-10-14(3)19(29)25(17,31)22(30)24(12-28)21(32-24)18(26)20(23)33-27(34-23,35-26)16-8-6-5-7-9-16/h5-9,14-15,17-18,20-22,28,30-31H,1,10-12H2,2-4H3/t14-,15+,17+,18+,20+,21-,22+,23+,24-,25+,26-,27-/m0/s1. The summed E-state index contributed by atoms with van der Waals surface area (Å²) in [7, 11) is 0. The fourth-order valence-electron chi connectivity index (χ4n) is 8.55. The van der Waals surface area contributed by atoms with Crippen LogP contribution in [-0.4, -0.2) is 68.4 Å². The van der Waals surface area contributed by atoms with E-state index in [0.717, 1.165) is 5.57 Å². The lowest BCUT2D eigenvalue weighted by Crippen LogP contribution is -2.72. The summed E-state index contributed by atoms with van der Waals surface area (Å²) in [6.45, 7) is 9.47. The molecule has 8 heteroatoms. The van der Waals surface area contributed by atoms with E-state index in [0.29, 0.717) is 18.4 Å². The monoisotopic (exact) mass is 484 g/mol. The van der Waals surface area contributed by atoms with Crippen LogP contribution >= 0.6 is 0 Å². The van der Waals surface area contributed by atoms with E-state index < -0.39 is 76.8 Å². The molecule has 0 amide bonds. The molecule has 0 unspecified atom stereocenters. The van der Waals surface area contributed by atoms with Gasteiger partial charge in [-0.1, -0.05) is 50.8 Å². The van der Waals surface area contributed by atoms with Gasteiger partial charge in [0.15, 0.2) is 11.4 Å². The Hall–Kier alpha value is -1.65. The molecular weight excluding hydrogens is 452 g/mol. The lowest BCUT2D eigenvalue weighted by molar-refractivity contribution is -0.442. The highest BCUT2D eigenvalue weighted by Gasteiger charge is 2.89. The molecule has 1 aromatic carbocycles. The Labute approximate surface area is 203 Å². The zero-order chi connectivity index (χ0) is 24.8. The van der Waals surface area contributed by atoms with Crippen LogP contribution in [0.1, 0.15) is 39.2 Å². The molecule has 3 saturated carbocycles. The van der Waals surface area contributed by atoms with Crippen LogP contribution in [0.15, 0.2) is 42.5 Å². The van der Waals surface area contributed by atoms with Crippen molar-refractivity contribution in [3.63, 3.8) is 0 Å².